The van der Waals surface area contributed by atoms with E-state index in [1.807, 2.05) is 13.8 Å². The first-order valence-electron chi connectivity index (χ1n) is 28.9. The lowest BCUT2D eigenvalue weighted by Crippen LogP contribution is -2.76. The van der Waals surface area contributed by atoms with Crippen molar-refractivity contribution in [3.05, 3.63) is 34.4 Å². The third-order valence-corrected chi connectivity index (χ3v) is 25.8. The van der Waals surface area contributed by atoms with Gasteiger partial charge in [-0.25, -0.2) is 8.37 Å². The molecule has 18 heteroatoms. The van der Waals surface area contributed by atoms with Crippen LogP contribution in [0.25, 0.3) is 0 Å². The average molecular weight is 1110 g/mol. The molecule has 0 aromatic rings. The van der Waals surface area contributed by atoms with Crippen LogP contribution in [-0.2, 0) is 43.4 Å². The Morgan fingerprint density at radius 1 is 0.711 bits per heavy atom. The zero-order valence-corrected chi connectivity index (χ0v) is 48.3. The molecule has 5 saturated heterocycles. The summed E-state index contributed by atoms with van der Waals surface area (Å²) in [6.45, 7) is 25.4. The largest absolute Gasteiger partial charge is 0.397 e. The van der Waals surface area contributed by atoms with Crippen molar-refractivity contribution in [2.75, 3.05) is 13.2 Å². The zero-order valence-electron chi connectivity index (χ0n) is 46.7. The summed E-state index contributed by atoms with van der Waals surface area (Å²) >= 11 is 0. The summed E-state index contributed by atoms with van der Waals surface area (Å²) in [6.07, 6.45) is 6.43. The summed E-state index contributed by atoms with van der Waals surface area (Å²) in [4.78, 5) is 0. The lowest BCUT2D eigenvalue weighted by atomic mass is 9.42. The Labute approximate surface area is 452 Å². The van der Waals surface area contributed by atoms with Crippen molar-refractivity contribution in [2.24, 2.45) is 85.8 Å². The van der Waals surface area contributed by atoms with Crippen LogP contribution in [0.1, 0.15) is 172 Å². The SMILES string of the molecule is C=C1CC(C(C)(C)O)CC(C(C)C2CCC3C4=C(CCC32C)C23COC(O)(C(O)C2)C(C)(C)C3C(OS(=O)(=O)O)C4)OC1CCC(C)C1CCC2C3=C(CCC21C)C12COC(O)(C(O)C1)C(C)(C)C2C(OS(=O)(=O)O)C3. The summed E-state index contributed by atoms with van der Waals surface area (Å²) in [7, 11) is -9.72. The molecule has 0 aromatic heterocycles. The van der Waals surface area contributed by atoms with E-state index in [-0.39, 0.29) is 78.7 Å². The molecule has 76 heavy (non-hydrogen) atoms. The topological polar surface area (TPSA) is 256 Å². The molecule has 2 spiro atoms. The summed E-state index contributed by atoms with van der Waals surface area (Å²) in [5.74, 6) is -3.69. The Balaban J connectivity index is 0.831. The summed E-state index contributed by atoms with van der Waals surface area (Å²) < 4.78 is 102. The third-order valence-electron chi connectivity index (χ3n) is 24.9. The molecule has 9 fully saturated rings. The van der Waals surface area contributed by atoms with E-state index in [0.29, 0.717) is 37.5 Å². The second-order valence-electron chi connectivity index (χ2n) is 29.2. The molecule has 4 bridgehead atoms. The van der Waals surface area contributed by atoms with Crippen molar-refractivity contribution >= 4 is 20.8 Å². The van der Waals surface area contributed by atoms with Gasteiger partial charge in [0.25, 0.3) is 0 Å². The maximum absolute atomic E-state index is 12.6. The van der Waals surface area contributed by atoms with Gasteiger partial charge in [0, 0.05) is 33.5 Å². The van der Waals surface area contributed by atoms with Crippen LogP contribution in [0.5, 0.6) is 0 Å². The van der Waals surface area contributed by atoms with Gasteiger partial charge in [0.15, 0.2) is 11.6 Å². The standard InChI is InChI=1S/C58H90O16S2/c1-30(36-13-15-38-34-24-44(73-75(64,65)66)48-50(4,5)57(62)46(59)26-55(48,28-70-57)40(34)18-20-53(36,38)10)12-17-42-31(2)22-33(52(8,9)61)23-43(72-42)32(3)37-14-16-39-35-25-45(74-76(67,68)69)49-51(6,7)58(63)47(60)27-56(49,29-71-58)41(35)19-21-54(37,39)11/h30,32-33,36-39,42-49,59-63H,2,12-29H2,1,3-11H3,(H,64,65,66)(H,67,68,69). The van der Waals surface area contributed by atoms with E-state index in [1.54, 1.807) is 27.7 Å². The molecule has 0 amide bonds. The van der Waals surface area contributed by atoms with Gasteiger partial charge in [0.1, 0.15) is 12.2 Å². The smallest absolute Gasteiger partial charge is 0.390 e. The quantitative estimate of drug-likeness (QED) is 0.0760. The van der Waals surface area contributed by atoms with Gasteiger partial charge >= 0.3 is 20.8 Å². The molecular weight excluding hydrogens is 1020 g/mol. The number of aliphatic hydroxyl groups is 5. The van der Waals surface area contributed by atoms with Gasteiger partial charge in [-0.3, -0.25) is 9.11 Å². The highest BCUT2D eigenvalue weighted by atomic mass is 32.3. The van der Waals surface area contributed by atoms with Crippen LogP contribution < -0.4 is 0 Å². The van der Waals surface area contributed by atoms with E-state index in [4.69, 9.17) is 22.6 Å². The second-order valence-corrected chi connectivity index (χ2v) is 31.3. The fourth-order valence-electron chi connectivity index (χ4n) is 21.4. The highest BCUT2D eigenvalue weighted by Crippen LogP contribution is 2.74. The fraction of sp³-hybridized carbons (Fsp3) is 0.897. The minimum atomic E-state index is -4.87. The maximum atomic E-state index is 12.6. The minimum absolute atomic E-state index is 0.0825. The van der Waals surface area contributed by atoms with Crippen LogP contribution in [0.3, 0.4) is 0 Å². The average Bonchev–Trinajstić information content (AvgIpc) is 3.83. The Kier molecular flexibility index (Phi) is 13.3. The van der Waals surface area contributed by atoms with Crippen LogP contribution in [0.2, 0.25) is 0 Å². The molecule has 5 aliphatic heterocycles. The maximum Gasteiger partial charge on any atom is 0.397 e. The van der Waals surface area contributed by atoms with Gasteiger partial charge < -0.3 is 39.7 Å². The van der Waals surface area contributed by atoms with Crippen molar-refractivity contribution in [3.63, 3.8) is 0 Å². The van der Waals surface area contributed by atoms with Gasteiger partial charge in [-0.15, -0.1) is 0 Å². The predicted molar refractivity (Wildman–Crippen MR) is 280 cm³/mol. The van der Waals surface area contributed by atoms with Gasteiger partial charge in [-0.2, -0.15) is 16.8 Å². The Bertz CT molecular complexity index is 2680. The Hall–Kier alpha value is -1.36. The van der Waals surface area contributed by atoms with E-state index in [2.05, 4.69) is 34.3 Å². The first-order chi connectivity index (χ1) is 35.0. The van der Waals surface area contributed by atoms with E-state index in [0.717, 1.165) is 75.4 Å². The second kappa shape index (κ2) is 17.8. The number of rotatable bonds is 11. The molecule has 16 nitrogen and oxygen atoms in total. The zero-order chi connectivity index (χ0) is 55.3. The number of aliphatic hydroxyl groups excluding tert-OH is 2. The summed E-state index contributed by atoms with van der Waals surface area (Å²) in [5.41, 5.74) is 0.763. The number of fused-ring (bicyclic) bond motifs is 8. The summed E-state index contributed by atoms with van der Waals surface area (Å²) in [5, 5.41) is 58.2. The molecule has 21 unspecified atom stereocenters. The molecule has 21 atom stereocenters. The molecule has 0 radical (unpaired) electrons. The lowest BCUT2D eigenvalue weighted by Gasteiger charge is -2.69. The highest BCUT2D eigenvalue weighted by molar-refractivity contribution is 7.81. The molecule has 4 saturated carbocycles. The number of ether oxygens (including phenoxy) is 3. The normalized spacial score (nSPS) is 49.3. The van der Waals surface area contributed by atoms with Gasteiger partial charge in [0.05, 0.1) is 43.2 Å². The van der Waals surface area contributed by atoms with E-state index in [9.17, 15) is 51.5 Å². The molecular formula is C58H90O16S2. The van der Waals surface area contributed by atoms with Crippen LogP contribution in [-0.4, -0.2) is 118 Å². The van der Waals surface area contributed by atoms with E-state index >= 15 is 0 Å². The molecule has 0 aromatic carbocycles. The molecule has 5 heterocycles. The minimum Gasteiger partial charge on any atom is -0.390 e. The fourth-order valence-corrected chi connectivity index (χ4v) is 22.4. The van der Waals surface area contributed by atoms with Crippen molar-refractivity contribution < 1.29 is 74.1 Å². The van der Waals surface area contributed by atoms with Crippen LogP contribution in [0.15, 0.2) is 34.4 Å². The molecule has 13 rings (SSSR count). The monoisotopic (exact) mass is 1110 g/mol. The van der Waals surface area contributed by atoms with Crippen LogP contribution in [0.4, 0.5) is 0 Å². The van der Waals surface area contributed by atoms with Crippen molar-refractivity contribution in [3.8, 4) is 0 Å². The highest BCUT2D eigenvalue weighted by Gasteiger charge is 2.76. The van der Waals surface area contributed by atoms with Gasteiger partial charge in [0.2, 0.25) is 0 Å². The van der Waals surface area contributed by atoms with Gasteiger partial charge in [-0.1, -0.05) is 84.3 Å². The van der Waals surface area contributed by atoms with Crippen molar-refractivity contribution in [1.82, 2.24) is 0 Å². The lowest BCUT2D eigenvalue weighted by molar-refractivity contribution is -0.408. The third kappa shape index (κ3) is 8.02. The van der Waals surface area contributed by atoms with Gasteiger partial charge in [-0.05, 0) is 174 Å². The Morgan fingerprint density at radius 2 is 1.16 bits per heavy atom. The number of hydrogen-bond donors (Lipinski definition) is 7. The first kappa shape index (κ1) is 56.5. The number of hydrogen-bond acceptors (Lipinski definition) is 14. The molecule has 430 valence electrons. The predicted octanol–water partition coefficient (Wildman–Crippen LogP) is 8.18. The van der Waals surface area contributed by atoms with Crippen molar-refractivity contribution in [2.45, 2.75) is 226 Å². The van der Waals surface area contributed by atoms with E-state index in [1.165, 1.54) is 16.7 Å². The van der Waals surface area contributed by atoms with E-state index < -0.39 is 95.9 Å². The first-order valence-corrected chi connectivity index (χ1v) is 31.6. The summed E-state index contributed by atoms with van der Waals surface area (Å²) in [6, 6.07) is 0. The molecule has 13 aliphatic rings. The van der Waals surface area contributed by atoms with Crippen LogP contribution in [0, 0.1) is 85.8 Å². The Morgan fingerprint density at radius 3 is 1.59 bits per heavy atom. The van der Waals surface area contributed by atoms with Crippen molar-refractivity contribution in [1.29, 1.82) is 0 Å². The van der Waals surface area contributed by atoms with Crippen LogP contribution >= 0.6 is 0 Å². The molecule has 8 aliphatic carbocycles. The molecule has 7 N–H and O–H groups in total.